The predicted octanol–water partition coefficient (Wildman–Crippen LogP) is 0.676. The number of anilines is 2. The lowest BCUT2D eigenvalue weighted by Crippen LogP contribution is -2.34. The number of nitrogen functional groups attached to an aromatic ring is 1. The van der Waals surface area contributed by atoms with Crippen LogP contribution in [0.25, 0.3) is 0 Å². The van der Waals surface area contributed by atoms with Gasteiger partial charge >= 0.3 is 12.0 Å². The highest BCUT2D eigenvalue weighted by atomic mass is 16.4. The first-order valence-electron chi connectivity index (χ1n) is 5.47. The van der Waals surface area contributed by atoms with Crippen LogP contribution in [0.1, 0.15) is 13.8 Å². The maximum atomic E-state index is 5.43. The van der Waals surface area contributed by atoms with Crippen LogP contribution in [0, 0.1) is 5.92 Å². The van der Waals surface area contributed by atoms with Crippen molar-refractivity contribution in [1.82, 2.24) is 15.1 Å². The predicted molar refractivity (Wildman–Crippen MR) is 64.3 cm³/mol. The third-order valence-electron chi connectivity index (χ3n) is 2.10. The van der Waals surface area contributed by atoms with E-state index in [0.717, 1.165) is 19.6 Å². The molecule has 0 saturated carbocycles. The fourth-order valence-corrected chi connectivity index (χ4v) is 1.38. The Morgan fingerprint density at radius 2 is 1.94 bits per heavy atom. The number of hydrogen-bond donors (Lipinski definition) is 1. The van der Waals surface area contributed by atoms with E-state index in [0.29, 0.717) is 11.9 Å². The Morgan fingerprint density at radius 3 is 2.38 bits per heavy atom. The molecule has 1 aromatic rings. The van der Waals surface area contributed by atoms with Gasteiger partial charge in [-0.25, -0.2) is 0 Å². The van der Waals surface area contributed by atoms with E-state index in [1.807, 2.05) is 14.1 Å². The number of aromatic nitrogens is 2. The van der Waals surface area contributed by atoms with Crippen molar-refractivity contribution in [1.29, 1.82) is 0 Å². The van der Waals surface area contributed by atoms with Crippen molar-refractivity contribution in [3.63, 3.8) is 0 Å². The number of hydrogen-bond acceptors (Lipinski definition) is 6. The van der Waals surface area contributed by atoms with Gasteiger partial charge in [0.15, 0.2) is 0 Å². The molecule has 0 radical (unpaired) electrons. The zero-order valence-corrected chi connectivity index (χ0v) is 10.5. The van der Waals surface area contributed by atoms with Gasteiger partial charge < -0.3 is 20.0 Å². The first kappa shape index (κ1) is 12.8. The van der Waals surface area contributed by atoms with Gasteiger partial charge in [0.05, 0.1) is 0 Å². The molecule has 0 aliphatic carbocycles. The summed E-state index contributed by atoms with van der Waals surface area (Å²) in [6.07, 6.45) is 0. The topological polar surface area (TPSA) is 71.4 Å². The summed E-state index contributed by atoms with van der Waals surface area (Å²) in [7, 11) is 4.07. The quantitative estimate of drug-likeness (QED) is 0.770. The molecule has 0 aliphatic rings. The largest absolute Gasteiger partial charge is 0.390 e. The summed E-state index contributed by atoms with van der Waals surface area (Å²) in [6, 6.07) is 0.627. The van der Waals surface area contributed by atoms with Crippen LogP contribution < -0.4 is 10.6 Å². The molecule has 6 heteroatoms. The summed E-state index contributed by atoms with van der Waals surface area (Å²) in [5.74, 6) is 0.537. The van der Waals surface area contributed by atoms with Crippen LogP contribution in [-0.2, 0) is 0 Å². The van der Waals surface area contributed by atoms with Gasteiger partial charge in [0.1, 0.15) is 0 Å². The summed E-state index contributed by atoms with van der Waals surface area (Å²) < 4.78 is 5.24. The lowest BCUT2D eigenvalue weighted by molar-refractivity contribution is 0.400. The third-order valence-corrected chi connectivity index (χ3v) is 2.10. The van der Waals surface area contributed by atoms with E-state index in [1.54, 1.807) is 0 Å². The van der Waals surface area contributed by atoms with E-state index >= 15 is 0 Å². The minimum Gasteiger partial charge on any atom is -0.390 e. The highest BCUT2D eigenvalue weighted by Gasteiger charge is 2.14. The van der Waals surface area contributed by atoms with Crippen molar-refractivity contribution in [2.45, 2.75) is 13.8 Å². The molecule has 0 spiro atoms. The Kier molecular flexibility index (Phi) is 4.54. The maximum absolute atomic E-state index is 5.43. The highest BCUT2D eigenvalue weighted by molar-refractivity contribution is 5.27. The molecule has 1 rings (SSSR count). The van der Waals surface area contributed by atoms with Gasteiger partial charge in [-0.1, -0.05) is 24.0 Å². The molecule has 0 aromatic carbocycles. The Balaban J connectivity index is 2.63. The van der Waals surface area contributed by atoms with Crippen molar-refractivity contribution in [2.24, 2.45) is 5.92 Å². The molecule has 0 unspecified atom stereocenters. The highest BCUT2D eigenvalue weighted by Crippen LogP contribution is 2.14. The van der Waals surface area contributed by atoms with Gasteiger partial charge in [-0.15, -0.1) is 0 Å². The molecular weight excluding hydrogens is 206 g/mol. The molecule has 0 aliphatic heterocycles. The molecule has 0 fully saturated rings. The number of rotatable bonds is 6. The van der Waals surface area contributed by atoms with Gasteiger partial charge in [0.25, 0.3) is 0 Å². The third kappa shape index (κ3) is 4.06. The number of nitrogens with zero attached hydrogens (tertiary/aromatic N) is 4. The minimum atomic E-state index is 0.119. The Bertz CT molecular complexity index is 310. The fourth-order valence-electron chi connectivity index (χ4n) is 1.38. The van der Waals surface area contributed by atoms with Crippen LogP contribution >= 0.6 is 0 Å². The Labute approximate surface area is 96.4 Å². The molecule has 6 nitrogen and oxygen atoms in total. The Hall–Kier alpha value is -1.30. The molecule has 16 heavy (non-hydrogen) atoms. The monoisotopic (exact) mass is 227 g/mol. The molecule has 0 bridgehead atoms. The average Bonchev–Trinajstić information content (AvgIpc) is 2.58. The normalized spacial score (nSPS) is 11.4. The van der Waals surface area contributed by atoms with Crippen LogP contribution in [-0.4, -0.2) is 48.8 Å². The van der Waals surface area contributed by atoms with Crippen LogP contribution in [0.5, 0.6) is 0 Å². The molecule has 1 heterocycles. The Morgan fingerprint density at radius 1 is 1.25 bits per heavy atom. The van der Waals surface area contributed by atoms with Gasteiger partial charge in [0.2, 0.25) is 0 Å². The first-order chi connectivity index (χ1) is 7.49. The summed E-state index contributed by atoms with van der Waals surface area (Å²) in [4.78, 5) is 4.18. The number of likely N-dealkylation sites (N-methyl/N-ethyl adjacent to an activating group) is 1. The molecule has 1 aromatic heterocycles. The second-order valence-corrected chi connectivity index (χ2v) is 4.57. The maximum Gasteiger partial charge on any atom is 0.319 e. The van der Waals surface area contributed by atoms with E-state index in [9.17, 15) is 0 Å². The summed E-state index contributed by atoms with van der Waals surface area (Å²) in [5.41, 5.74) is 5.43. The second-order valence-electron chi connectivity index (χ2n) is 4.57. The summed E-state index contributed by atoms with van der Waals surface area (Å²) in [6.45, 7) is 6.99. The van der Waals surface area contributed by atoms with E-state index in [1.165, 1.54) is 0 Å². The van der Waals surface area contributed by atoms with Gasteiger partial charge in [0, 0.05) is 19.6 Å². The molecular formula is C10H21N5O. The second kappa shape index (κ2) is 5.69. The van der Waals surface area contributed by atoms with Crippen molar-refractivity contribution in [2.75, 3.05) is 44.4 Å². The zero-order chi connectivity index (χ0) is 12.1. The average molecular weight is 227 g/mol. The standard InChI is InChI=1S/C10H21N5O/c1-8(2)7-15(6-5-14(3)4)10-13-12-9(11)16-10/h8H,5-7H2,1-4H3,(H2,11,12). The van der Waals surface area contributed by atoms with Crippen LogP contribution in [0.2, 0.25) is 0 Å². The van der Waals surface area contributed by atoms with Gasteiger partial charge in [-0.05, 0) is 20.0 Å². The lowest BCUT2D eigenvalue weighted by atomic mass is 10.2. The van der Waals surface area contributed by atoms with Gasteiger partial charge in [-0.3, -0.25) is 0 Å². The fraction of sp³-hybridized carbons (Fsp3) is 0.800. The van der Waals surface area contributed by atoms with E-state index in [2.05, 4.69) is 33.8 Å². The van der Waals surface area contributed by atoms with Crippen LogP contribution in [0.3, 0.4) is 0 Å². The van der Waals surface area contributed by atoms with Crippen molar-refractivity contribution in [3.05, 3.63) is 0 Å². The molecule has 0 atom stereocenters. The van der Waals surface area contributed by atoms with Crippen molar-refractivity contribution >= 4 is 12.0 Å². The summed E-state index contributed by atoms with van der Waals surface area (Å²) >= 11 is 0. The minimum absolute atomic E-state index is 0.119. The number of nitrogens with two attached hydrogens (primary N) is 1. The van der Waals surface area contributed by atoms with Crippen LogP contribution in [0.15, 0.2) is 4.42 Å². The van der Waals surface area contributed by atoms with Crippen molar-refractivity contribution in [3.8, 4) is 0 Å². The van der Waals surface area contributed by atoms with Crippen molar-refractivity contribution < 1.29 is 4.42 Å². The van der Waals surface area contributed by atoms with E-state index in [-0.39, 0.29) is 6.01 Å². The molecule has 2 N–H and O–H groups in total. The molecule has 0 amide bonds. The van der Waals surface area contributed by atoms with E-state index in [4.69, 9.17) is 10.2 Å². The smallest absolute Gasteiger partial charge is 0.319 e. The summed E-state index contributed by atoms with van der Waals surface area (Å²) in [5, 5.41) is 7.59. The van der Waals surface area contributed by atoms with E-state index < -0.39 is 0 Å². The van der Waals surface area contributed by atoms with Gasteiger partial charge in [-0.2, -0.15) is 0 Å². The lowest BCUT2D eigenvalue weighted by Gasteiger charge is -2.23. The molecule has 0 saturated heterocycles. The van der Waals surface area contributed by atoms with Crippen LogP contribution in [0.4, 0.5) is 12.0 Å². The first-order valence-corrected chi connectivity index (χ1v) is 5.47. The zero-order valence-electron chi connectivity index (χ0n) is 10.5. The molecule has 92 valence electrons. The SMILES string of the molecule is CC(C)CN(CCN(C)C)c1nnc(N)o1.